The van der Waals surface area contributed by atoms with E-state index in [1.54, 1.807) is 0 Å². The molecule has 2 fully saturated rings. The van der Waals surface area contributed by atoms with Gasteiger partial charge >= 0.3 is 0 Å². The van der Waals surface area contributed by atoms with Gasteiger partial charge in [-0.2, -0.15) is 0 Å². The van der Waals surface area contributed by atoms with E-state index in [2.05, 4.69) is 18.9 Å². The van der Waals surface area contributed by atoms with Crippen LogP contribution in [0.2, 0.25) is 0 Å². The van der Waals surface area contributed by atoms with E-state index in [0.717, 1.165) is 12.5 Å². The highest BCUT2D eigenvalue weighted by Crippen LogP contribution is 2.30. The van der Waals surface area contributed by atoms with E-state index in [1.807, 2.05) is 0 Å². The van der Waals surface area contributed by atoms with Crippen molar-refractivity contribution in [1.82, 2.24) is 4.90 Å². The zero-order valence-corrected chi connectivity index (χ0v) is 8.83. The molecule has 1 aliphatic carbocycles. The first-order valence-electron chi connectivity index (χ1n) is 5.57. The lowest BCUT2D eigenvalue weighted by Gasteiger charge is -2.34. The third-order valence-corrected chi connectivity index (χ3v) is 3.42. The molecule has 2 heteroatoms. The minimum Gasteiger partial charge on any atom is -0.378 e. The molecule has 2 aliphatic rings. The molecule has 0 amide bonds. The van der Waals surface area contributed by atoms with Crippen molar-refractivity contribution < 1.29 is 4.74 Å². The highest BCUT2D eigenvalue weighted by atomic mass is 16.5. The van der Waals surface area contributed by atoms with Crippen molar-refractivity contribution in [2.24, 2.45) is 5.92 Å². The summed E-state index contributed by atoms with van der Waals surface area (Å²) < 4.78 is 5.90. The van der Waals surface area contributed by atoms with Crippen LogP contribution in [0.15, 0.2) is 0 Å². The Balaban J connectivity index is 1.68. The molecule has 0 N–H and O–H groups in total. The first-order chi connectivity index (χ1) is 6.25. The predicted octanol–water partition coefficient (Wildman–Crippen LogP) is 1.90. The van der Waals surface area contributed by atoms with Gasteiger partial charge < -0.3 is 9.64 Å². The number of hydrogen-bond acceptors (Lipinski definition) is 2. The van der Waals surface area contributed by atoms with E-state index < -0.39 is 0 Å². The minimum atomic E-state index is 0.548. The van der Waals surface area contributed by atoms with Gasteiger partial charge in [0.15, 0.2) is 0 Å². The Hall–Kier alpha value is -0.0800. The van der Waals surface area contributed by atoms with Crippen LogP contribution in [0.4, 0.5) is 0 Å². The van der Waals surface area contributed by atoms with Crippen molar-refractivity contribution in [3.8, 4) is 0 Å². The molecule has 0 bridgehead atoms. The second kappa shape index (κ2) is 3.97. The quantitative estimate of drug-likeness (QED) is 0.662. The molecule has 1 unspecified atom stereocenters. The molecule has 1 aliphatic heterocycles. The summed E-state index contributed by atoms with van der Waals surface area (Å²) in [4.78, 5) is 2.43. The lowest BCUT2D eigenvalue weighted by Crippen LogP contribution is -2.41. The van der Waals surface area contributed by atoms with Gasteiger partial charge in [0, 0.05) is 19.2 Å². The third kappa shape index (κ3) is 2.68. The van der Waals surface area contributed by atoms with Gasteiger partial charge in [-0.15, -0.1) is 0 Å². The number of hydrogen-bond donors (Lipinski definition) is 0. The summed E-state index contributed by atoms with van der Waals surface area (Å²) in [5, 5.41) is 0. The molecule has 76 valence electrons. The van der Waals surface area contributed by atoms with Crippen LogP contribution in [-0.4, -0.2) is 37.2 Å². The highest BCUT2D eigenvalue weighted by Gasteiger charge is 2.26. The molecule has 0 radical (unpaired) electrons. The van der Waals surface area contributed by atoms with Gasteiger partial charge in [0.25, 0.3) is 0 Å². The zero-order valence-electron chi connectivity index (χ0n) is 8.83. The molecule has 0 aromatic rings. The summed E-state index contributed by atoms with van der Waals surface area (Å²) in [6, 6.07) is 0.706. The average molecular weight is 183 g/mol. The fourth-order valence-electron chi connectivity index (χ4n) is 1.95. The molecule has 1 saturated carbocycles. The number of piperidine rings is 1. The summed E-state index contributed by atoms with van der Waals surface area (Å²) >= 11 is 0. The molecular formula is C11H21NO. The van der Waals surface area contributed by atoms with E-state index in [-0.39, 0.29) is 0 Å². The van der Waals surface area contributed by atoms with Crippen molar-refractivity contribution in [1.29, 1.82) is 0 Å². The average Bonchev–Trinajstić information content (AvgIpc) is 2.91. The summed E-state index contributed by atoms with van der Waals surface area (Å²) in [6.45, 7) is 4.53. The SMILES string of the molecule is CC1C[C@@H](OCC2CC2)CCN1C. The zero-order chi connectivity index (χ0) is 9.26. The summed E-state index contributed by atoms with van der Waals surface area (Å²) in [7, 11) is 2.21. The Morgan fingerprint density at radius 1 is 1.31 bits per heavy atom. The third-order valence-electron chi connectivity index (χ3n) is 3.42. The van der Waals surface area contributed by atoms with E-state index >= 15 is 0 Å². The maximum absolute atomic E-state index is 5.90. The molecule has 0 aromatic carbocycles. The van der Waals surface area contributed by atoms with Gasteiger partial charge in [-0.3, -0.25) is 0 Å². The lowest BCUT2D eigenvalue weighted by atomic mass is 10.0. The smallest absolute Gasteiger partial charge is 0.0602 e. The van der Waals surface area contributed by atoms with Crippen LogP contribution >= 0.6 is 0 Å². The van der Waals surface area contributed by atoms with E-state index in [1.165, 1.54) is 32.2 Å². The van der Waals surface area contributed by atoms with Gasteiger partial charge in [0.1, 0.15) is 0 Å². The van der Waals surface area contributed by atoms with Crippen molar-refractivity contribution in [3.05, 3.63) is 0 Å². The Kier molecular flexibility index (Phi) is 2.89. The molecule has 0 spiro atoms. The minimum absolute atomic E-state index is 0.548. The topological polar surface area (TPSA) is 12.5 Å². The van der Waals surface area contributed by atoms with Crippen molar-refractivity contribution >= 4 is 0 Å². The van der Waals surface area contributed by atoms with Gasteiger partial charge in [-0.05, 0) is 45.6 Å². The largest absolute Gasteiger partial charge is 0.378 e. The van der Waals surface area contributed by atoms with Crippen LogP contribution in [0.25, 0.3) is 0 Å². The van der Waals surface area contributed by atoms with E-state index in [0.29, 0.717) is 12.1 Å². The Morgan fingerprint density at radius 2 is 2.08 bits per heavy atom. The van der Waals surface area contributed by atoms with Gasteiger partial charge in [-0.25, -0.2) is 0 Å². The number of likely N-dealkylation sites (tertiary alicyclic amines) is 1. The molecule has 1 saturated heterocycles. The maximum Gasteiger partial charge on any atom is 0.0602 e. The molecule has 1 heterocycles. The van der Waals surface area contributed by atoms with Gasteiger partial charge in [0.2, 0.25) is 0 Å². The second-order valence-corrected chi connectivity index (χ2v) is 4.75. The number of nitrogens with zero attached hydrogens (tertiary/aromatic N) is 1. The molecule has 2 nitrogen and oxygen atoms in total. The summed E-state index contributed by atoms with van der Waals surface area (Å²) in [5.41, 5.74) is 0. The standard InChI is InChI=1S/C11H21NO/c1-9-7-11(5-6-12(9)2)13-8-10-3-4-10/h9-11H,3-8H2,1-2H3/t9?,11-/m0/s1. The second-order valence-electron chi connectivity index (χ2n) is 4.75. The Labute approximate surface area is 81.3 Å². The molecule has 0 aromatic heterocycles. The van der Waals surface area contributed by atoms with Crippen LogP contribution in [0.5, 0.6) is 0 Å². The van der Waals surface area contributed by atoms with Crippen LogP contribution in [-0.2, 0) is 4.74 Å². The molecule has 2 atom stereocenters. The fourth-order valence-corrected chi connectivity index (χ4v) is 1.95. The Bertz CT molecular complexity index is 167. The molecule has 13 heavy (non-hydrogen) atoms. The lowest BCUT2D eigenvalue weighted by molar-refractivity contribution is -0.00940. The normalized spacial score (nSPS) is 36.5. The fraction of sp³-hybridized carbons (Fsp3) is 1.00. The van der Waals surface area contributed by atoms with E-state index in [4.69, 9.17) is 4.74 Å². The van der Waals surface area contributed by atoms with Gasteiger partial charge in [0.05, 0.1) is 6.10 Å². The van der Waals surface area contributed by atoms with Gasteiger partial charge in [-0.1, -0.05) is 0 Å². The first-order valence-corrected chi connectivity index (χ1v) is 5.57. The van der Waals surface area contributed by atoms with Crippen molar-refractivity contribution in [2.45, 2.75) is 44.8 Å². The highest BCUT2D eigenvalue weighted by molar-refractivity contribution is 4.79. The van der Waals surface area contributed by atoms with Crippen molar-refractivity contribution in [2.75, 3.05) is 20.2 Å². The first kappa shape index (κ1) is 9.47. The number of rotatable bonds is 3. The maximum atomic E-state index is 5.90. The Morgan fingerprint density at radius 3 is 2.69 bits per heavy atom. The van der Waals surface area contributed by atoms with Crippen LogP contribution in [0, 0.1) is 5.92 Å². The van der Waals surface area contributed by atoms with Crippen LogP contribution in [0.3, 0.4) is 0 Å². The van der Waals surface area contributed by atoms with Crippen molar-refractivity contribution in [3.63, 3.8) is 0 Å². The van der Waals surface area contributed by atoms with Crippen LogP contribution < -0.4 is 0 Å². The summed E-state index contributed by atoms with van der Waals surface area (Å²) in [6.07, 6.45) is 5.81. The monoisotopic (exact) mass is 183 g/mol. The molecule has 2 rings (SSSR count). The van der Waals surface area contributed by atoms with Crippen LogP contribution in [0.1, 0.15) is 32.6 Å². The molecular weight excluding hydrogens is 162 g/mol. The van der Waals surface area contributed by atoms with E-state index in [9.17, 15) is 0 Å². The summed E-state index contributed by atoms with van der Waals surface area (Å²) in [5.74, 6) is 0.912. The predicted molar refractivity (Wildman–Crippen MR) is 53.8 cm³/mol. The number of ether oxygens (including phenoxy) is 1.